The van der Waals surface area contributed by atoms with E-state index >= 15 is 0 Å². The minimum absolute atomic E-state index is 0.145. The van der Waals surface area contributed by atoms with Crippen molar-refractivity contribution in [2.75, 3.05) is 11.6 Å². The summed E-state index contributed by atoms with van der Waals surface area (Å²) in [6, 6.07) is 5.46. The van der Waals surface area contributed by atoms with Crippen LogP contribution in [0, 0.1) is 0 Å². The van der Waals surface area contributed by atoms with Crippen LogP contribution in [-0.2, 0) is 5.75 Å². The van der Waals surface area contributed by atoms with Gasteiger partial charge >= 0.3 is 6.03 Å². The highest BCUT2D eigenvalue weighted by atomic mass is 35.5. The molecule has 1 aromatic carbocycles. The van der Waals surface area contributed by atoms with Crippen LogP contribution in [-0.4, -0.2) is 29.5 Å². The van der Waals surface area contributed by atoms with Crippen molar-refractivity contribution >= 4 is 35.1 Å². The first-order chi connectivity index (χ1) is 10.1. The van der Waals surface area contributed by atoms with Crippen molar-refractivity contribution in [2.45, 2.75) is 43.6 Å². The summed E-state index contributed by atoms with van der Waals surface area (Å²) < 4.78 is 0. The van der Waals surface area contributed by atoms with Crippen molar-refractivity contribution in [3.8, 4) is 0 Å². The number of hydrogen-bond donors (Lipinski definition) is 3. The first-order valence-corrected chi connectivity index (χ1v) is 8.88. The zero-order chi connectivity index (χ0) is 15.2. The van der Waals surface area contributed by atoms with Gasteiger partial charge in [-0.15, -0.1) is 0 Å². The van der Waals surface area contributed by atoms with Crippen molar-refractivity contribution in [1.82, 2.24) is 5.32 Å². The fraction of sp³-hybridized carbons (Fsp3) is 0.533. The lowest BCUT2D eigenvalue weighted by molar-refractivity contribution is 0.118. The Hall–Kier alpha value is -0.910. The fourth-order valence-electron chi connectivity index (χ4n) is 2.49. The Morgan fingerprint density at radius 2 is 2.10 bits per heavy atom. The zero-order valence-corrected chi connectivity index (χ0v) is 13.6. The second-order valence-corrected chi connectivity index (χ2v) is 6.62. The van der Waals surface area contributed by atoms with Crippen LogP contribution in [0.25, 0.3) is 0 Å². The Kier molecular flexibility index (Phi) is 6.21. The summed E-state index contributed by atoms with van der Waals surface area (Å²) in [6.07, 6.45) is 4.96. The van der Waals surface area contributed by atoms with Gasteiger partial charge < -0.3 is 15.7 Å². The maximum absolute atomic E-state index is 12.0. The van der Waals surface area contributed by atoms with Crippen LogP contribution in [0.5, 0.6) is 0 Å². The van der Waals surface area contributed by atoms with Crippen molar-refractivity contribution in [3.63, 3.8) is 0 Å². The molecule has 116 valence electrons. The summed E-state index contributed by atoms with van der Waals surface area (Å²) in [6.45, 7) is 0. The maximum Gasteiger partial charge on any atom is 0.319 e. The lowest BCUT2D eigenvalue weighted by Crippen LogP contribution is -2.40. The number of urea groups is 1. The number of hydrogen-bond acceptors (Lipinski definition) is 3. The highest BCUT2D eigenvalue weighted by Crippen LogP contribution is 2.24. The van der Waals surface area contributed by atoms with E-state index in [0.29, 0.717) is 0 Å². The van der Waals surface area contributed by atoms with E-state index in [-0.39, 0.29) is 18.2 Å². The molecule has 2 rings (SSSR count). The second kappa shape index (κ2) is 7.92. The van der Waals surface area contributed by atoms with E-state index in [9.17, 15) is 9.90 Å². The van der Waals surface area contributed by atoms with Crippen molar-refractivity contribution in [1.29, 1.82) is 0 Å². The molecule has 4 nitrogen and oxygen atoms in total. The third-order valence-corrected chi connectivity index (χ3v) is 4.60. The number of thioether (sulfide) groups is 1. The number of aliphatic hydroxyl groups is 1. The van der Waals surface area contributed by atoms with E-state index < -0.39 is 0 Å². The smallest absolute Gasteiger partial charge is 0.319 e. The predicted octanol–water partition coefficient (Wildman–Crippen LogP) is 3.63. The molecular formula is C15H21ClN2O2S. The molecule has 0 heterocycles. The van der Waals surface area contributed by atoms with E-state index in [2.05, 4.69) is 10.6 Å². The summed E-state index contributed by atoms with van der Waals surface area (Å²) in [4.78, 5) is 12.0. The number of anilines is 1. The van der Waals surface area contributed by atoms with Crippen LogP contribution in [0.15, 0.2) is 18.2 Å². The first-order valence-electron chi connectivity index (χ1n) is 7.11. The molecule has 0 aliphatic heterocycles. The largest absolute Gasteiger partial charge is 0.393 e. The molecule has 1 aliphatic carbocycles. The van der Waals surface area contributed by atoms with Gasteiger partial charge in [-0.05, 0) is 55.7 Å². The molecule has 0 aromatic heterocycles. The van der Waals surface area contributed by atoms with Gasteiger partial charge in [0, 0.05) is 22.5 Å². The monoisotopic (exact) mass is 328 g/mol. The number of halogens is 1. The Morgan fingerprint density at radius 1 is 1.38 bits per heavy atom. The van der Waals surface area contributed by atoms with Gasteiger partial charge in [0.2, 0.25) is 0 Å². The van der Waals surface area contributed by atoms with Crippen molar-refractivity contribution < 1.29 is 9.90 Å². The van der Waals surface area contributed by atoms with Gasteiger partial charge in [0.05, 0.1) is 6.10 Å². The lowest BCUT2D eigenvalue weighted by Gasteiger charge is -2.26. The molecule has 0 spiro atoms. The van der Waals surface area contributed by atoms with Gasteiger partial charge in [-0.1, -0.05) is 11.6 Å². The van der Waals surface area contributed by atoms with Crippen molar-refractivity contribution in [3.05, 3.63) is 28.8 Å². The SMILES string of the molecule is CSCc1cc(NC(=O)NC2CCC(O)CC2)ccc1Cl. The minimum atomic E-state index is -0.212. The molecule has 21 heavy (non-hydrogen) atoms. The quantitative estimate of drug-likeness (QED) is 0.791. The van der Waals surface area contributed by atoms with Gasteiger partial charge in [0.1, 0.15) is 0 Å². The molecule has 1 aromatic rings. The number of carbonyl (C=O) groups excluding carboxylic acids is 1. The lowest BCUT2D eigenvalue weighted by atomic mass is 9.93. The molecule has 0 saturated heterocycles. The van der Waals surface area contributed by atoms with Crippen LogP contribution in [0.3, 0.4) is 0 Å². The summed E-state index contributed by atoms with van der Waals surface area (Å²) in [5.41, 5.74) is 1.76. The molecule has 2 amide bonds. The molecule has 0 unspecified atom stereocenters. The maximum atomic E-state index is 12.0. The van der Waals surface area contributed by atoms with E-state index in [1.807, 2.05) is 12.3 Å². The fourth-order valence-corrected chi connectivity index (χ4v) is 3.30. The number of benzene rings is 1. The summed E-state index contributed by atoms with van der Waals surface area (Å²) >= 11 is 7.80. The molecular weight excluding hydrogens is 308 g/mol. The predicted molar refractivity (Wildman–Crippen MR) is 89.1 cm³/mol. The zero-order valence-electron chi connectivity index (χ0n) is 12.1. The van der Waals surface area contributed by atoms with Gasteiger partial charge in [-0.2, -0.15) is 11.8 Å². The Morgan fingerprint density at radius 3 is 2.76 bits per heavy atom. The van der Waals surface area contributed by atoms with Gasteiger partial charge in [0.15, 0.2) is 0 Å². The van der Waals surface area contributed by atoms with E-state index in [1.165, 1.54) is 0 Å². The molecule has 0 bridgehead atoms. The normalized spacial score (nSPS) is 21.9. The van der Waals surface area contributed by atoms with Crippen LogP contribution in [0.2, 0.25) is 5.02 Å². The van der Waals surface area contributed by atoms with E-state index in [4.69, 9.17) is 11.6 Å². The summed E-state index contributed by atoms with van der Waals surface area (Å²) in [5.74, 6) is 0.816. The number of nitrogens with one attached hydrogen (secondary N) is 2. The Balaban J connectivity index is 1.89. The molecule has 1 aliphatic rings. The second-order valence-electron chi connectivity index (χ2n) is 5.34. The highest BCUT2D eigenvalue weighted by molar-refractivity contribution is 7.97. The molecule has 6 heteroatoms. The minimum Gasteiger partial charge on any atom is -0.393 e. The molecule has 1 saturated carbocycles. The molecule has 0 radical (unpaired) electrons. The summed E-state index contributed by atoms with van der Waals surface area (Å²) in [5, 5.41) is 16.0. The average Bonchev–Trinajstić information content (AvgIpc) is 2.45. The molecule has 3 N–H and O–H groups in total. The van der Waals surface area contributed by atoms with Crippen molar-refractivity contribution in [2.24, 2.45) is 0 Å². The third-order valence-electron chi connectivity index (χ3n) is 3.64. The Bertz CT molecular complexity index is 491. The van der Waals surface area contributed by atoms with Gasteiger partial charge in [0.25, 0.3) is 0 Å². The summed E-state index contributed by atoms with van der Waals surface area (Å²) in [7, 11) is 0. The van der Waals surface area contributed by atoms with E-state index in [1.54, 1.807) is 23.9 Å². The van der Waals surface area contributed by atoms with Crippen LogP contribution in [0.4, 0.5) is 10.5 Å². The number of carbonyl (C=O) groups is 1. The first kappa shape index (κ1) is 16.5. The van der Waals surface area contributed by atoms with Gasteiger partial charge in [-0.25, -0.2) is 4.79 Å². The highest BCUT2D eigenvalue weighted by Gasteiger charge is 2.20. The number of aliphatic hydroxyl groups excluding tert-OH is 1. The average molecular weight is 329 g/mol. The third kappa shape index (κ3) is 5.09. The van der Waals surface area contributed by atoms with Crippen LogP contribution in [0.1, 0.15) is 31.2 Å². The van der Waals surface area contributed by atoms with E-state index in [0.717, 1.165) is 47.7 Å². The standard InChI is InChI=1S/C15H21ClN2O2S/c1-21-9-10-8-12(4-7-14(10)16)18-15(20)17-11-2-5-13(19)6-3-11/h4,7-8,11,13,19H,2-3,5-6,9H2,1H3,(H2,17,18,20). The van der Waals surface area contributed by atoms with Crippen LogP contribution < -0.4 is 10.6 Å². The van der Waals surface area contributed by atoms with Gasteiger partial charge in [-0.3, -0.25) is 0 Å². The molecule has 1 fully saturated rings. The van der Waals surface area contributed by atoms with Crippen LogP contribution >= 0.6 is 23.4 Å². The topological polar surface area (TPSA) is 61.4 Å². The number of amides is 2. The molecule has 0 atom stereocenters. The Labute approximate surface area is 134 Å². The number of rotatable bonds is 4.